The lowest BCUT2D eigenvalue weighted by atomic mass is 9.63. The van der Waals surface area contributed by atoms with Gasteiger partial charge >= 0.3 is 0 Å². The molecule has 0 heterocycles. The van der Waals surface area contributed by atoms with Crippen LogP contribution in [0.2, 0.25) is 0 Å². The van der Waals surface area contributed by atoms with Gasteiger partial charge in [-0.2, -0.15) is 13.5 Å². The number of rotatable bonds is 4. The summed E-state index contributed by atoms with van der Waals surface area (Å²) in [6.45, 7) is 16.6. The van der Waals surface area contributed by atoms with Crippen LogP contribution in [0.1, 0.15) is 93.9 Å². The lowest BCUT2D eigenvalue weighted by molar-refractivity contribution is 0.0954. The van der Waals surface area contributed by atoms with Gasteiger partial charge in [0.25, 0.3) is 5.91 Å². The first kappa shape index (κ1) is 24.5. The van der Waals surface area contributed by atoms with E-state index < -0.39 is 0 Å². The van der Waals surface area contributed by atoms with Crippen LogP contribution in [0.3, 0.4) is 0 Å². The number of hydrogen-bond acceptors (Lipinski definition) is 1. The second-order valence-corrected chi connectivity index (χ2v) is 11.0. The smallest absolute Gasteiger partial charge is 0.251 e. The summed E-state index contributed by atoms with van der Waals surface area (Å²) < 4.78 is 0. The molecule has 0 radical (unpaired) electrons. The lowest BCUT2D eigenvalue weighted by Crippen LogP contribution is -2.34. The van der Waals surface area contributed by atoms with Gasteiger partial charge in [0, 0.05) is 12.1 Å². The minimum absolute atomic E-state index is 0. The van der Waals surface area contributed by atoms with E-state index in [4.69, 9.17) is 0 Å². The van der Waals surface area contributed by atoms with Crippen molar-refractivity contribution in [2.45, 2.75) is 84.0 Å². The van der Waals surface area contributed by atoms with Gasteiger partial charge < -0.3 is 5.32 Å². The molecule has 0 atom stereocenters. The van der Waals surface area contributed by atoms with E-state index in [-0.39, 0.29) is 35.6 Å². The molecule has 1 amide bonds. The van der Waals surface area contributed by atoms with Gasteiger partial charge in [0.1, 0.15) is 0 Å². The molecule has 0 saturated carbocycles. The van der Waals surface area contributed by atoms with Crippen LogP contribution in [0, 0.1) is 0 Å². The van der Waals surface area contributed by atoms with Crippen LogP contribution in [0.4, 0.5) is 0 Å². The number of hydrogen-bond donors (Lipinski definition) is 1. The van der Waals surface area contributed by atoms with Crippen LogP contribution < -0.4 is 5.32 Å². The molecule has 0 bridgehead atoms. The minimum Gasteiger partial charge on any atom is -0.352 e. The first-order chi connectivity index (χ1) is 13.4. The van der Waals surface area contributed by atoms with Gasteiger partial charge in [-0.05, 0) is 69.9 Å². The number of benzene rings is 2. The monoisotopic (exact) mass is 425 g/mol. The molecule has 3 rings (SSSR count). The second kappa shape index (κ2) is 8.78. The molecule has 30 heavy (non-hydrogen) atoms. The molecule has 0 spiro atoms. The van der Waals surface area contributed by atoms with E-state index in [1.807, 2.05) is 12.1 Å². The third-order valence-corrected chi connectivity index (χ3v) is 6.63. The van der Waals surface area contributed by atoms with Gasteiger partial charge in [-0.3, -0.25) is 4.79 Å². The Kier molecular flexibility index (Phi) is 7.18. The van der Waals surface area contributed by atoms with Gasteiger partial charge in [0.2, 0.25) is 0 Å². The van der Waals surface area contributed by atoms with Crippen molar-refractivity contribution < 1.29 is 4.79 Å². The quantitative estimate of drug-likeness (QED) is 0.602. The van der Waals surface area contributed by atoms with Crippen molar-refractivity contribution in [2.75, 3.05) is 6.54 Å². The van der Waals surface area contributed by atoms with Crippen LogP contribution in [0.25, 0.3) is 0 Å². The Bertz CT molecular complexity index is 888. The molecule has 2 nitrogen and oxygen atoms in total. The molecule has 2 aromatic carbocycles. The van der Waals surface area contributed by atoms with Crippen molar-refractivity contribution in [2.24, 2.45) is 0 Å². The predicted molar refractivity (Wildman–Crippen MR) is 133 cm³/mol. The Morgan fingerprint density at radius 3 is 2.03 bits per heavy atom. The highest BCUT2D eigenvalue weighted by Crippen LogP contribution is 2.45. The minimum atomic E-state index is 0. The number of carbonyl (C=O) groups excluding carboxylic acids is 1. The van der Waals surface area contributed by atoms with E-state index in [0.29, 0.717) is 6.54 Å². The van der Waals surface area contributed by atoms with E-state index in [1.54, 1.807) is 0 Å². The lowest BCUT2D eigenvalue weighted by Gasteiger charge is -2.42. The van der Waals surface area contributed by atoms with E-state index >= 15 is 0 Å². The number of nitrogens with one attached hydrogen (secondary N) is 1. The Labute approximate surface area is 190 Å². The summed E-state index contributed by atoms with van der Waals surface area (Å²) in [6, 6.07) is 14.9. The molecule has 1 N–H and O–H groups in total. The van der Waals surface area contributed by atoms with Crippen molar-refractivity contribution in [3.8, 4) is 0 Å². The SMILES string of the molecule is CC(C)(C)c1ccc(C(=O)NCCc2ccc3c(c2)C(C)(C)CCC3(C)C)cc1.S. The third-order valence-electron chi connectivity index (χ3n) is 6.63. The number of amides is 1. The van der Waals surface area contributed by atoms with Crippen molar-refractivity contribution in [1.29, 1.82) is 0 Å². The zero-order valence-corrected chi connectivity index (χ0v) is 20.8. The van der Waals surface area contributed by atoms with Crippen molar-refractivity contribution in [1.82, 2.24) is 5.32 Å². The molecule has 0 aliphatic heterocycles. The largest absolute Gasteiger partial charge is 0.352 e. The van der Waals surface area contributed by atoms with Crippen LogP contribution in [-0.4, -0.2) is 12.5 Å². The van der Waals surface area contributed by atoms with Gasteiger partial charge in [-0.1, -0.05) is 78.8 Å². The summed E-state index contributed by atoms with van der Waals surface area (Å²) in [7, 11) is 0. The first-order valence-corrected chi connectivity index (χ1v) is 10.9. The van der Waals surface area contributed by atoms with Crippen molar-refractivity contribution in [3.05, 3.63) is 70.3 Å². The topological polar surface area (TPSA) is 29.1 Å². The van der Waals surface area contributed by atoms with Crippen molar-refractivity contribution >= 4 is 19.4 Å². The van der Waals surface area contributed by atoms with Crippen molar-refractivity contribution in [3.63, 3.8) is 0 Å². The molecule has 3 heteroatoms. The fraction of sp³-hybridized carbons (Fsp3) is 0.519. The zero-order valence-electron chi connectivity index (χ0n) is 19.8. The molecular weight excluding hydrogens is 386 g/mol. The maximum absolute atomic E-state index is 12.5. The van der Waals surface area contributed by atoms with Crippen LogP contribution in [0.5, 0.6) is 0 Å². The normalized spacial score (nSPS) is 16.9. The average molecular weight is 426 g/mol. The standard InChI is InChI=1S/C27H37NO.H2S/c1-25(2,3)21-11-9-20(10-12-21)24(29)28-17-14-19-8-13-22-23(18-19)27(6,7)16-15-26(22,4)5;/h8-13,18H,14-17H2,1-7H3,(H,28,29);1H2. The maximum Gasteiger partial charge on any atom is 0.251 e. The fourth-order valence-electron chi connectivity index (χ4n) is 4.34. The highest BCUT2D eigenvalue weighted by atomic mass is 32.1. The molecule has 0 fully saturated rings. The summed E-state index contributed by atoms with van der Waals surface area (Å²) >= 11 is 0. The van der Waals surface area contributed by atoms with Crippen LogP contribution in [-0.2, 0) is 22.7 Å². The molecule has 2 aromatic rings. The summed E-state index contributed by atoms with van der Waals surface area (Å²) in [6.07, 6.45) is 3.31. The Morgan fingerprint density at radius 2 is 1.47 bits per heavy atom. The fourth-order valence-corrected chi connectivity index (χ4v) is 4.34. The molecule has 0 aromatic heterocycles. The summed E-state index contributed by atoms with van der Waals surface area (Å²) in [4.78, 5) is 12.5. The number of carbonyl (C=O) groups is 1. The predicted octanol–water partition coefficient (Wildman–Crippen LogP) is 6.42. The highest BCUT2D eigenvalue weighted by Gasteiger charge is 2.36. The Hall–Kier alpha value is -1.74. The van der Waals surface area contributed by atoms with E-state index in [1.165, 1.54) is 35.1 Å². The third kappa shape index (κ3) is 5.29. The summed E-state index contributed by atoms with van der Waals surface area (Å²) in [5.74, 6) is 0.00452. The molecule has 0 unspecified atom stereocenters. The Balaban J connectivity index is 0.00000320. The first-order valence-electron chi connectivity index (χ1n) is 10.9. The summed E-state index contributed by atoms with van der Waals surface area (Å²) in [5.41, 5.74) is 6.81. The second-order valence-electron chi connectivity index (χ2n) is 11.0. The Morgan fingerprint density at radius 1 is 0.900 bits per heavy atom. The van der Waals surface area contributed by atoms with Gasteiger partial charge in [0.15, 0.2) is 0 Å². The average Bonchev–Trinajstić information content (AvgIpc) is 2.65. The molecular formula is C27H39NOS. The van der Waals surface area contributed by atoms with E-state index in [2.05, 4.69) is 84.1 Å². The molecule has 164 valence electrons. The zero-order chi connectivity index (χ0) is 21.4. The molecule has 1 aliphatic carbocycles. The maximum atomic E-state index is 12.5. The molecule has 0 saturated heterocycles. The highest BCUT2D eigenvalue weighted by molar-refractivity contribution is 7.59. The van der Waals surface area contributed by atoms with Gasteiger partial charge in [-0.15, -0.1) is 0 Å². The number of fused-ring (bicyclic) bond motifs is 1. The van der Waals surface area contributed by atoms with Gasteiger partial charge in [0.05, 0.1) is 0 Å². The van der Waals surface area contributed by atoms with E-state index in [9.17, 15) is 4.79 Å². The van der Waals surface area contributed by atoms with Crippen LogP contribution >= 0.6 is 13.5 Å². The van der Waals surface area contributed by atoms with E-state index in [0.717, 1.165) is 12.0 Å². The van der Waals surface area contributed by atoms with Crippen LogP contribution in [0.15, 0.2) is 42.5 Å². The summed E-state index contributed by atoms with van der Waals surface area (Å²) in [5, 5.41) is 3.08. The van der Waals surface area contributed by atoms with Gasteiger partial charge in [-0.25, -0.2) is 0 Å². The molecule has 1 aliphatic rings.